The van der Waals surface area contributed by atoms with E-state index in [1.807, 2.05) is 0 Å². The van der Waals surface area contributed by atoms with E-state index < -0.39 is 11.6 Å². The number of methoxy groups -OCH3 is 1. The Bertz CT molecular complexity index is 403. The molecule has 0 radical (unpaired) electrons. The predicted molar refractivity (Wildman–Crippen MR) is 50.6 cm³/mol. The van der Waals surface area contributed by atoms with Gasteiger partial charge >= 0.3 is 0 Å². The summed E-state index contributed by atoms with van der Waals surface area (Å²) in [6.45, 7) is 0.179. The molecular formula is C9H9F2N3O. The normalized spacial score (nSPS) is 9.53. The van der Waals surface area contributed by atoms with E-state index in [1.165, 1.54) is 7.11 Å². The van der Waals surface area contributed by atoms with Crippen molar-refractivity contribution in [1.82, 2.24) is 0 Å². The summed E-state index contributed by atoms with van der Waals surface area (Å²) in [7, 11) is 1.36. The number of rotatable bonds is 4. The summed E-state index contributed by atoms with van der Waals surface area (Å²) in [5, 5.41) is 3.30. The van der Waals surface area contributed by atoms with E-state index in [0.29, 0.717) is 12.0 Å². The summed E-state index contributed by atoms with van der Waals surface area (Å²) in [5.41, 5.74) is 8.54. The minimum absolute atomic E-state index is 0.179. The number of ether oxygens (including phenoxy) is 1. The van der Waals surface area contributed by atoms with Crippen molar-refractivity contribution >= 4 is 0 Å². The maximum atomic E-state index is 12.9. The zero-order valence-corrected chi connectivity index (χ0v) is 8.07. The van der Waals surface area contributed by atoms with E-state index in [-0.39, 0.29) is 12.3 Å². The Hall–Kier alpha value is -1.81. The molecular weight excluding hydrogens is 204 g/mol. The van der Waals surface area contributed by atoms with Gasteiger partial charge in [0.1, 0.15) is 5.75 Å². The summed E-state index contributed by atoms with van der Waals surface area (Å²) >= 11 is 0. The zero-order chi connectivity index (χ0) is 11.3. The lowest BCUT2D eigenvalue weighted by atomic mass is 10.1. The third-order valence-corrected chi connectivity index (χ3v) is 1.87. The van der Waals surface area contributed by atoms with Crippen LogP contribution in [0.5, 0.6) is 5.75 Å². The molecule has 0 atom stereocenters. The van der Waals surface area contributed by atoms with Gasteiger partial charge in [0.05, 0.1) is 7.11 Å². The standard InChI is InChI=1S/C9H9F2N3O/c1-15-9-5-8(11)7(10)4-6(9)2-3-13-14-12/h4-5H,2-3H2,1H3. The average molecular weight is 213 g/mol. The highest BCUT2D eigenvalue weighted by atomic mass is 19.2. The van der Waals surface area contributed by atoms with E-state index in [4.69, 9.17) is 10.3 Å². The van der Waals surface area contributed by atoms with E-state index in [9.17, 15) is 8.78 Å². The zero-order valence-electron chi connectivity index (χ0n) is 8.07. The number of azide groups is 1. The Kier molecular flexibility index (Phi) is 3.88. The van der Waals surface area contributed by atoms with Gasteiger partial charge in [0.15, 0.2) is 11.6 Å². The van der Waals surface area contributed by atoms with Gasteiger partial charge in [-0.15, -0.1) is 0 Å². The van der Waals surface area contributed by atoms with Crippen molar-refractivity contribution in [2.75, 3.05) is 13.7 Å². The Balaban J connectivity index is 2.94. The predicted octanol–water partition coefficient (Wildman–Crippen LogP) is 2.83. The molecule has 80 valence electrons. The van der Waals surface area contributed by atoms with Crippen LogP contribution in [0.4, 0.5) is 8.78 Å². The van der Waals surface area contributed by atoms with Gasteiger partial charge in [0, 0.05) is 17.5 Å². The van der Waals surface area contributed by atoms with Crippen LogP contribution in [0.15, 0.2) is 17.2 Å². The molecule has 0 fully saturated rings. The molecule has 0 aromatic heterocycles. The fraction of sp³-hybridized carbons (Fsp3) is 0.333. The largest absolute Gasteiger partial charge is 0.496 e. The van der Waals surface area contributed by atoms with Crippen LogP contribution >= 0.6 is 0 Å². The third-order valence-electron chi connectivity index (χ3n) is 1.87. The van der Waals surface area contributed by atoms with Gasteiger partial charge in [-0.25, -0.2) is 8.78 Å². The maximum Gasteiger partial charge on any atom is 0.162 e. The summed E-state index contributed by atoms with van der Waals surface area (Å²) < 4.78 is 30.5. The van der Waals surface area contributed by atoms with Gasteiger partial charge in [0.2, 0.25) is 0 Å². The molecule has 0 saturated heterocycles. The number of halogens is 2. The second kappa shape index (κ2) is 5.17. The first-order valence-electron chi connectivity index (χ1n) is 4.21. The molecule has 15 heavy (non-hydrogen) atoms. The second-order valence-corrected chi connectivity index (χ2v) is 2.78. The fourth-order valence-corrected chi connectivity index (χ4v) is 1.17. The van der Waals surface area contributed by atoms with E-state index in [0.717, 1.165) is 12.1 Å². The first kappa shape index (κ1) is 11.3. The summed E-state index contributed by atoms with van der Waals surface area (Å²) in [6, 6.07) is 2.02. The molecule has 0 spiro atoms. The van der Waals surface area contributed by atoms with Gasteiger partial charge in [0.25, 0.3) is 0 Å². The van der Waals surface area contributed by atoms with Crippen LogP contribution in [0.25, 0.3) is 10.4 Å². The average Bonchev–Trinajstić information content (AvgIpc) is 2.23. The first-order chi connectivity index (χ1) is 7.19. The summed E-state index contributed by atoms with van der Waals surface area (Å²) in [4.78, 5) is 2.56. The van der Waals surface area contributed by atoms with E-state index in [1.54, 1.807) is 0 Å². The van der Waals surface area contributed by atoms with Crippen molar-refractivity contribution in [1.29, 1.82) is 0 Å². The van der Waals surface area contributed by atoms with E-state index >= 15 is 0 Å². The van der Waals surface area contributed by atoms with Gasteiger partial charge < -0.3 is 4.74 Å². The lowest BCUT2D eigenvalue weighted by Gasteiger charge is -2.07. The van der Waals surface area contributed by atoms with Crippen molar-refractivity contribution < 1.29 is 13.5 Å². The third kappa shape index (κ3) is 2.82. The van der Waals surface area contributed by atoms with Crippen LogP contribution in [-0.2, 0) is 6.42 Å². The lowest BCUT2D eigenvalue weighted by molar-refractivity contribution is 0.401. The SMILES string of the molecule is COc1cc(F)c(F)cc1CCN=[N+]=[N-]. The van der Waals surface area contributed by atoms with Crippen LogP contribution in [0.2, 0.25) is 0 Å². The monoisotopic (exact) mass is 213 g/mol. The van der Waals surface area contributed by atoms with Crippen molar-refractivity contribution in [3.63, 3.8) is 0 Å². The quantitative estimate of drug-likeness (QED) is 0.431. The van der Waals surface area contributed by atoms with Crippen LogP contribution in [0.3, 0.4) is 0 Å². The molecule has 0 heterocycles. The van der Waals surface area contributed by atoms with Crippen LogP contribution < -0.4 is 4.74 Å². The highest BCUT2D eigenvalue weighted by molar-refractivity contribution is 5.35. The van der Waals surface area contributed by atoms with Crippen molar-refractivity contribution in [2.45, 2.75) is 6.42 Å². The molecule has 6 heteroatoms. The van der Waals surface area contributed by atoms with Gasteiger partial charge in [-0.1, -0.05) is 5.11 Å². The number of nitrogens with zero attached hydrogens (tertiary/aromatic N) is 3. The molecule has 4 nitrogen and oxygen atoms in total. The fourth-order valence-electron chi connectivity index (χ4n) is 1.17. The molecule has 1 aromatic carbocycles. The molecule has 0 amide bonds. The van der Waals surface area contributed by atoms with Gasteiger partial charge in [-0.3, -0.25) is 0 Å². The molecule has 1 rings (SSSR count). The topological polar surface area (TPSA) is 58.0 Å². The Morgan fingerprint density at radius 2 is 2.07 bits per heavy atom. The van der Waals surface area contributed by atoms with Crippen molar-refractivity contribution in [2.24, 2.45) is 5.11 Å². The highest BCUT2D eigenvalue weighted by Crippen LogP contribution is 2.22. The molecule has 0 saturated carbocycles. The Morgan fingerprint density at radius 1 is 1.40 bits per heavy atom. The Labute approximate surface area is 85.1 Å². The smallest absolute Gasteiger partial charge is 0.162 e. The summed E-state index contributed by atoms with van der Waals surface area (Å²) in [5.74, 6) is -1.65. The van der Waals surface area contributed by atoms with Gasteiger partial charge in [-0.05, 0) is 23.6 Å². The van der Waals surface area contributed by atoms with E-state index in [2.05, 4.69) is 10.0 Å². The summed E-state index contributed by atoms with van der Waals surface area (Å²) in [6.07, 6.45) is 0.310. The van der Waals surface area contributed by atoms with Crippen molar-refractivity contribution in [3.8, 4) is 5.75 Å². The minimum atomic E-state index is -0.959. The number of benzene rings is 1. The second-order valence-electron chi connectivity index (χ2n) is 2.78. The molecule has 0 aliphatic heterocycles. The van der Waals surface area contributed by atoms with Gasteiger partial charge in [-0.2, -0.15) is 0 Å². The molecule has 0 aliphatic carbocycles. The maximum absolute atomic E-state index is 12.9. The highest BCUT2D eigenvalue weighted by Gasteiger charge is 2.09. The first-order valence-corrected chi connectivity index (χ1v) is 4.21. The van der Waals surface area contributed by atoms with Crippen LogP contribution in [0.1, 0.15) is 5.56 Å². The van der Waals surface area contributed by atoms with Crippen molar-refractivity contribution in [3.05, 3.63) is 39.8 Å². The molecule has 1 aromatic rings. The van der Waals surface area contributed by atoms with Crippen LogP contribution in [0, 0.1) is 11.6 Å². The molecule has 0 aliphatic rings. The number of hydrogen-bond donors (Lipinski definition) is 0. The molecule has 0 unspecified atom stereocenters. The lowest BCUT2D eigenvalue weighted by Crippen LogP contribution is -1.97. The molecule has 0 N–H and O–H groups in total. The van der Waals surface area contributed by atoms with Crippen LogP contribution in [-0.4, -0.2) is 13.7 Å². The molecule has 0 bridgehead atoms. The number of hydrogen-bond acceptors (Lipinski definition) is 2. The Morgan fingerprint density at radius 3 is 2.67 bits per heavy atom. The minimum Gasteiger partial charge on any atom is -0.496 e.